The Morgan fingerprint density at radius 2 is 1.76 bits per heavy atom. The van der Waals surface area contributed by atoms with Gasteiger partial charge in [-0.05, 0) is 73.9 Å². The number of nitrogens with one attached hydrogen (secondary N) is 1. The maximum atomic E-state index is 13.1. The molecule has 0 radical (unpaired) electrons. The van der Waals surface area contributed by atoms with Crippen molar-refractivity contribution in [2.75, 3.05) is 18.4 Å². The number of sulfonamides is 1. The number of benzene rings is 2. The zero-order chi connectivity index (χ0) is 20.2. The standard InChI is InChI=1S/C22H22ClN3O2S/c1-16-4-9-20-19(15-16)24-22(21-3-2-12-26(20)21)10-13-25(14-11-22)29(27,28)18-7-5-17(23)6-8-18/h2-9,12,15,24H,10-11,13-14H2,1H3. The molecule has 0 amide bonds. The molecule has 0 aliphatic carbocycles. The average molecular weight is 428 g/mol. The van der Waals surface area contributed by atoms with Gasteiger partial charge in [-0.2, -0.15) is 4.31 Å². The second-order valence-corrected chi connectivity index (χ2v) is 10.2. The van der Waals surface area contributed by atoms with Crippen LogP contribution in [0.15, 0.2) is 65.7 Å². The molecule has 0 unspecified atom stereocenters. The zero-order valence-electron chi connectivity index (χ0n) is 16.1. The summed E-state index contributed by atoms with van der Waals surface area (Å²) in [5.41, 5.74) is 4.36. The lowest BCUT2D eigenvalue weighted by Crippen LogP contribution is -2.51. The van der Waals surface area contributed by atoms with Crippen molar-refractivity contribution < 1.29 is 8.42 Å². The molecular weight excluding hydrogens is 406 g/mol. The monoisotopic (exact) mass is 427 g/mol. The summed E-state index contributed by atoms with van der Waals surface area (Å²) in [5, 5.41) is 4.29. The number of aryl methyl sites for hydroxylation is 1. The van der Waals surface area contributed by atoms with E-state index in [0.717, 1.165) is 11.4 Å². The Kier molecular flexibility index (Phi) is 4.28. The topological polar surface area (TPSA) is 54.3 Å². The Morgan fingerprint density at radius 1 is 1.03 bits per heavy atom. The molecule has 3 aromatic rings. The van der Waals surface area contributed by atoms with Crippen molar-refractivity contribution in [1.82, 2.24) is 8.87 Å². The predicted octanol–water partition coefficient (Wildman–Crippen LogP) is 4.54. The second kappa shape index (κ2) is 6.62. The minimum atomic E-state index is -3.53. The first-order chi connectivity index (χ1) is 13.9. The molecule has 1 saturated heterocycles. The van der Waals surface area contributed by atoms with Crippen molar-refractivity contribution in [3.05, 3.63) is 77.1 Å². The number of rotatable bonds is 2. The first kappa shape index (κ1) is 18.7. The molecule has 2 aliphatic heterocycles. The number of nitrogens with zero attached hydrogens (tertiary/aromatic N) is 2. The second-order valence-electron chi connectivity index (χ2n) is 7.85. The Labute approximate surface area is 176 Å². The summed E-state index contributed by atoms with van der Waals surface area (Å²) in [6.45, 7) is 3.01. The van der Waals surface area contributed by atoms with Crippen LogP contribution < -0.4 is 5.32 Å². The van der Waals surface area contributed by atoms with Gasteiger partial charge in [-0.15, -0.1) is 0 Å². The smallest absolute Gasteiger partial charge is 0.243 e. The first-order valence-electron chi connectivity index (χ1n) is 9.72. The molecule has 5 rings (SSSR count). The fraction of sp³-hybridized carbons (Fsp3) is 0.273. The number of fused-ring (bicyclic) bond motifs is 4. The van der Waals surface area contributed by atoms with E-state index in [0.29, 0.717) is 35.8 Å². The highest BCUT2D eigenvalue weighted by atomic mass is 35.5. The summed E-state index contributed by atoms with van der Waals surface area (Å²) in [4.78, 5) is 0.291. The molecule has 2 aliphatic rings. The van der Waals surface area contributed by atoms with E-state index in [1.165, 1.54) is 11.3 Å². The fourth-order valence-electron chi connectivity index (χ4n) is 4.51. The van der Waals surface area contributed by atoms with E-state index in [2.05, 4.69) is 53.3 Å². The van der Waals surface area contributed by atoms with E-state index in [-0.39, 0.29) is 5.54 Å². The predicted molar refractivity (Wildman–Crippen MR) is 115 cm³/mol. The van der Waals surface area contributed by atoms with Crippen molar-refractivity contribution in [2.24, 2.45) is 0 Å². The van der Waals surface area contributed by atoms with Gasteiger partial charge < -0.3 is 9.88 Å². The summed E-state index contributed by atoms with van der Waals surface area (Å²) < 4.78 is 29.9. The third kappa shape index (κ3) is 2.98. The minimum absolute atomic E-state index is 0.268. The maximum Gasteiger partial charge on any atom is 0.243 e. The van der Waals surface area contributed by atoms with Gasteiger partial charge in [0.15, 0.2) is 0 Å². The quantitative estimate of drug-likeness (QED) is 0.653. The number of hydrogen-bond donors (Lipinski definition) is 1. The van der Waals surface area contributed by atoms with Crippen LogP contribution in [0.5, 0.6) is 0 Å². The molecule has 1 spiro atoms. The Balaban J connectivity index is 1.45. The molecule has 150 valence electrons. The van der Waals surface area contributed by atoms with Crippen LogP contribution in [-0.2, 0) is 15.6 Å². The van der Waals surface area contributed by atoms with Crippen LogP contribution in [0.1, 0.15) is 24.1 Å². The SMILES string of the molecule is Cc1ccc2c(c1)NC1(CCN(S(=O)(=O)c3ccc(Cl)cc3)CC1)c1cccn1-2. The summed E-state index contributed by atoms with van der Waals surface area (Å²) in [6, 6.07) is 17.0. The third-order valence-corrected chi connectivity index (χ3v) is 8.22. The first-order valence-corrected chi connectivity index (χ1v) is 11.5. The highest BCUT2D eigenvalue weighted by molar-refractivity contribution is 7.89. The number of halogens is 1. The van der Waals surface area contributed by atoms with Crippen molar-refractivity contribution in [2.45, 2.75) is 30.2 Å². The van der Waals surface area contributed by atoms with Gasteiger partial charge in [-0.25, -0.2) is 8.42 Å². The molecule has 7 heteroatoms. The van der Waals surface area contributed by atoms with E-state index < -0.39 is 10.0 Å². The van der Waals surface area contributed by atoms with Crippen LogP contribution in [-0.4, -0.2) is 30.4 Å². The van der Waals surface area contributed by atoms with Gasteiger partial charge in [0.1, 0.15) is 0 Å². The number of anilines is 1. The van der Waals surface area contributed by atoms with E-state index >= 15 is 0 Å². The largest absolute Gasteiger partial charge is 0.372 e. The van der Waals surface area contributed by atoms with E-state index in [1.807, 2.05) is 0 Å². The number of hydrogen-bond acceptors (Lipinski definition) is 3. The van der Waals surface area contributed by atoms with Gasteiger partial charge in [0, 0.05) is 30.0 Å². The van der Waals surface area contributed by atoms with Crippen molar-refractivity contribution in [1.29, 1.82) is 0 Å². The summed E-state index contributed by atoms with van der Waals surface area (Å²) in [7, 11) is -3.53. The molecule has 1 fully saturated rings. The van der Waals surface area contributed by atoms with Gasteiger partial charge in [-0.1, -0.05) is 17.7 Å². The van der Waals surface area contributed by atoms with Crippen LogP contribution >= 0.6 is 11.6 Å². The Hall–Kier alpha value is -2.28. The van der Waals surface area contributed by atoms with Crippen LogP contribution in [0.25, 0.3) is 5.69 Å². The molecular formula is C22H22ClN3O2S. The molecule has 5 nitrogen and oxygen atoms in total. The maximum absolute atomic E-state index is 13.1. The van der Waals surface area contributed by atoms with Crippen LogP contribution in [0.3, 0.4) is 0 Å². The van der Waals surface area contributed by atoms with Gasteiger partial charge in [-0.3, -0.25) is 0 Å². The van der Waals surface area contributed by atoms with E-state index in [4.69, 9.17) is 11.6 Å². The number of aromatic nitrogens is 1. The van der Waals surface area contributed by atoms with Gasteiger partial charge >= 0.3 is 0 Å². The van der Waals surface area contributed by atoms with Gasteiger partial charge in [0.05, 0.1) is 21.8 Å². The van der Waals surface area contributed by atoms with Crippen molar-refractivity contribution >= 4 is 27.3 Å². The van der Waals surface area contributed by atoms with Crippen molar-refractivity contribution in [3.8, 4) is 5.69 Å². The molecule has 0 saturated carbocycles. The average Bonchev–Trinajstić information content (AvgIpc) is 3.20. The lowest BCUT2D eigenvalue weighted by molar-refractivity contribution is 0.247. The molecule has 2 aromatic carbocycles. The molecule has 0 atom stereocenters. The lowest BCUT2D eigenvalue weighted by atomic mass is 9.83. The molecule has 1 aromatic heterocycles. The highest BCUT2D eigenvalue weighted by Crippen LogP contribution is 2.44. The van der Waals surface area contributed by atoms with Gasteiger partial charge in [0.2, 0.25) is 10.0 Å². The van der Waals surface area contributed by atoms with Gasteiger partial charge in [0.25, 0.3) is 0 Å². The minimum Gasteiger partial charge on any atom is -0.372 e. The summed E-state index contributed by atoms with van der Waals surface area (Å²) >= 11 is 5.92. The van der Waals surface area contributed by atoms with E-state index in [1.54, 1.807) is 28.6 Å². The molecule has 29 heavy (non-hydrogen) atoms. The number of piperidine rings is 1. The molecule has 1 N–H and O–H groups in total. The van der Waals surface area contributed by atoms with Crippen molar-refractivity contribution in [3.63, 3.8) is 0 Å². The van der Waals surface area contributed by atoms with Crippen LogP contribution in [0.2, 0.25) is 5.02 Å². The Bertz CT molecular complexity index is 1180. The third-order valence-electron chi connectivity index (χ3n) is 6.05. The highest BCUT2D eigenvalue weighted by Gasteiger charge is 2.43. The van der Waals surface area contributed by atoms with Crippen LogP contribution in [0.4, 0.5) is 5.69 Å². The normalized spacial score (nSPS) is 18.1. The molecule has 0 bridgehead atoms. The summed E-state index contributed by atoms with van der Waals surface area (Å²) in [6.07, 6.45) is 3.50. The fourth-order valence-corrected chi connectivity index (χ4v) is 6.08. The van der Waals surface area contributed by atoms with E-state index in [9.17, 15) is 8.42 Å². The van der Waals surface area contributed by atoms with Crippen LogP contribution in [0, 0.1) is 6.92 Å². The lowest BCUT2D eigenvalue weighted by Gasteiger charge is -2.46. The zero-order valence-corrected chi connectivity index (χ0v) is 17.7. The molecule has 3 heterocycles. The summed E-state index contributed by atoms with van der Waals surface area (Å²) in [5.74, 6) is 0. The Morgan fingerprint density at radius 3 is 2.48 bits per heavy atom.